The van der Waals surface area contributed by atoms with Crippen molar-refractivity contribution in [1.82, 2.24) is 0 Å². The van der Waals surface area contributed by atoms with Crippen molar-refractivity contribution >= 4 is 17.3 Å². The molecule has 1 aromatic rings. The van der Waals surface area contributed by atoms with Gasteiger partial charge in [-0.15, -0.1) is 0 Å². The zero-order chi connectivity index (χ0) is 17.5. The smallest absolute Gasteiger partial charge is 0.293 e. The molecule has 0 aromatic heterocycles. The highest BCUT2D eigenvalue weighted by Crippen LogP contribution is 2.42. The molecule has 0 heterocycles. The third kappa shape index (κ3) is 3.01. The van der Waals surface area contributed by atoms with E-state index in [0.29, 0.717) is 12.8 Å². The van der Waals surface area contributed by atoms with E-state index in [1.807, 2.05) is 0 Å². The Bertz CT molecular complexity index is 685. The Hall–Kier alpha value is -1.98. The molecule has 24 heavy (non-hydrogen) atoms. The van der Waals surface area contributed by atoms with E-state index in [1.54, 1.807) is 12.1 Å². The number of rotatable bonds is 2. The first-order valence-electron chi connectivity index (χ1n) is 8.07. The molecule has 0 radical (unpaired) electrons. The quantitative estimate of drug-likeness (QED) is 0.605. The van der Waals surface area contributed by atoms with Gasteiger partial charge in [0.25, 0.3) is 0 Å². The molecule has 0 bridgehead atoms. The van der Waals surface area contributed by atoms with Crippen LogP contribution in [0.5, 0.6) is 0 Å². The monoisotopic (exact) mass is 338 g/mol. The second-order valence-corrected chi connectivity index (χ2v) is 6.65. The summed E-state index contributed by atoms with van der Waals surface area (Å²) in [6, 6.07) is 6.20. The highest BCUT2D eigenvalue weighted by molar-refractivity contribution is 6.51. The number of benzene rings is 1. The third-order valence-electron chi connectivity index (χ3n) is 5.17. The Balaban J connectivity index is 1.72. The minimum atomic E-state index is -4.18. The molecule has 1 saturated carbocycles. The van der Waals surface area contributed by atoms with Crippen LogP contribution in [-0.2, 0) is 4.79 Å². The van der Waals surface area contributed by atoms with Crippen LogP contribution in [0.3, 0.4) is 0 Å². The van der Waals surface area contributed by atoms with Crippen molar-refractivity contribution in [3.05, 3.63) is 35.4 Å². The summed E-state index contributed by atoms with van der Waals surface area (Å²) in [4.78, 5) is 36.9. The number of ketones is 3. The van der Waals surface area contributed by atoms with Crippen molar-refractivity contribution in [3.63, 3.8) is 0 Å². The van der Waals surface area contributed by atoms with E-state index >= 15 is 0 Å². The van der Waals surface area contributed by atoms with Crippen molar-refractivity contribution in [2.24, 2.45) is 17.8 Å². The lowest BCUT2D eigenvalue weighted by atomic mass is 9.72. The van der Waals surface area contributed by atoms with Crippen LogP contribution in [0.4, 0.5) is 13.2 Å². The molecule has 2 aliphatic carbocycles. The molecule has 0 saturated heterocycles. The van der Waals surface area contributed by atoms with Crippen LogP contribution in [0.1, 0.15) is 52.8 Å². The second kappa shape index (κ2) is 6.15. The normalized spacial score (nSPS) is 28.0. The van der Waals surface area contributed by atoms with Gasteiger partial charge in [-0.2, -0.15) is 13.2 Å². The van der Waals surface area contributed by atoms with Gasteiger partial charge in [0.1, 0.15) is 0 Å². The van der Waals surface area contributed by atoms with Gasteiger partial charge >= 0.3 is 6.18 Å². The molecular weight excluding hydrogens is 321 g/mol. The van der Waals surface area contributed by atoms with Gasteiger partial charge in [-0.25, -0.2) is 0 Å². The molecule has 1 atom stereocenters. The van der Waals surface area contributed by atoms with Gasteiger partial charge in [-0.1, -0.05) is 24.3 Å². The number of hydrogen-bond acceptors (Lipinski definition) is 3. The SMILES string of the molecule is O=C1C(=O)C(CC2CCC(C(F)(F)F)CC2)C(=O)c2ccccc21. The fourth-order valence-corrected chi connectivity index (χ4v) is 3.77. The number of Topliss-reactive ketones (excluding diaryl/α,β-unsaturated/α-hetero) is 3. The van der Waals surface area contributed by atoms with Gasteiger partial charge in [-0.3, -0.25) is 14.4 Å². The van der Waals surface area contributed by atoms with Gasteiger partial charge in [-0.05, 0) is 38.0 Å². The lowest BCUT2D eigenvalue weighted by Crippen LogP contribution is -2.38. The highest BCUT2D eigenvalue weighted by atomic mass is 19.4. The van der Waals surface area contributed by atoms with Crippen LogP contribution in [0.15, 0.2) is 24.3 Å². The molecule has 0 spiro atoms. The lowest BCUT2D eigenvalue weighted by Gasteiger charge is -2.32. The van der Waals surface area contributed by atoms with Crippen LogP contribution < -0.4 is 0 Å². The van der Waals surface area contributed by atoms with Gasteiger partial charge < -0.3 is 0 Å². The molecule has 2 aliphatic rings. The molecule has 128 valence electrons. The minimum Gasteiger partial charge on any atom is -0.293 e. The van der Waals surface area contributed by atoms with Gasteiger partial charge in [0.2, 0.25) is 11.6 Å². The predicted molar refractivity (Wildman–Crippen MR) is 79.7 cm³/mol. The van der Waals surface area contributed by atoms with Crippen molar-refractivity contribution in [2.75, 3.05) is 0 Å². The molecule has 3 rings (SSSR count). The second-order valence-electron chi connectivity index (χ2n) is 6.65. The number of halogens is 3. The fourth-order valence-electron chi connectivity index (χ4n) is 3.77. The maximum atomic E-state index is 12.7. The average Bonchev–Trinajstić information content (AvgIpc) is 2.56. The summed E-state index contributed by atoms with van der Waals surface area (Å²) in [5, 5.41) is 0. The maximum Gasteiger partial charge on any atom is 0.391 e. The molecule has 0 amide bonds. The van der Waals surface area contributed by atoms with E-state index in [1.165, 1.54) is 12.1 Å². The van der Waals surface area contributed by atoms with E-state index in [-0.39, 0.29) is 42.1 Å². The molecule has 6 heteroatoms. The zero-order valence-electron chi connectivity index (χ0n) is 12.9. The van der Waals surface area contributed by atoms with Crippen LogP contribution in [0.25, 0.3) is 0 Å². The average molecular weight is 338 g/mol. The van der Waals surface area contributed by atoms with E-state index in [2.05, 4.69) is 0 Å². The first kappa shape index (κ1) is 16.9. The molecule has 0 N–H and O–H groups in total. The van der Waals surface area contributed by atoms with Crippen LogP contribution in [0, 0.1) is 17.8 Å². The minimum absolute atomic E-state index is 0.0216. The summed E-state index contributed by atoms with van der Waals surface area (Å²) in [6.45, 7) is 0. The Morgan fingerprint density at radius 2 is 1.46 bits per heavy atom. The molecule has 0 aliphatic heterocycles. The van der Waals surface area contributed by atoms with Gasteiger partial charge in [0, 0.05) is 11.1 Å². The molecular formula is C18H17F3O3. The van der Waals surface area contributed by atoms with Crippen molar-refractivity contribution < 1.29 is 27.6 Å². The lowest BCUT2D eigenvalue weighted by molar-refractivity contribution is -0.184. The van der Waals surface area contributed by atoms with Crippen LogP contribution in [0.2, 0.25) is 0 Å². The van der Waals surface area contributed by atoms with Crippen molar-refractivity contribution in [3.8, 4) is 0 Å². The number of fused-ring (bicyclic) bond motifs is 1. The summed E-state index contributed by atoms with van der Waals surface area (Å²) in [5.74, 6) is -4.24. The summed E-state index contributed by atoms with van der Waals surface area (Å²) in [5.41, 5.74) is 0.376. The van der Waals surface area contributed by atoms with Crippen molar-refractivity contribution in [1.29, 1.82) is 0 Å². The fraction of sp³-hybridized carbons (Fsp3) is 0.500. The standard InChI is InChI=1S/C18H17F3O3/c19-18(20,21)11-7-5-10(6-8-11)9-14-15(22)12-3-1-2-4-13(12)16(23)17(14)24/h1-4,10-11,14H,5-9H2. The van der Waals surface area contributed by atoms with Crippen LogP contribution >= 0.6 is 0 Å². The van der Waals surface area contributed by atoms with Gasteiger partial charge in [0.15, 0.2) is 5.78 Å². The first-order valence-corrected chi connectivity index (χ1v) is 8.07. The Labute approximate surface area is 137 Å². The summed E-state index contributed by atoms with van der Waals surface area (Å²) >= 11 is 0. The third-order valence-corrected chi connectivity index (χ3v) is 5.17. The van der Waals surface area contributed by atoms with E-state index < -0.39 is 29.6 Å². The molecule has 1 aromatic carbocycles. The van der Waals surface area contributed by atoms with Crippen LogP contribution in [-0.4, -0.2) is 23.5 Å². The topological polar surface area (TPSA) is 51.2 Å². The number of hydrogen-bond donors (Lipinski definition) is 0. The molecule has 1 unspecified atom stereocenters. The van der Waals surface area contributed by atoms with E-state index in [9.17, 15) is 27.6 Å². The number of alkyl halides is 3. The number of carbonyl (C=O) groups is 3. The summed E-state index contributed by atoms with van der Waals surface area (Å²) in [6.07, 6.45) is -3.31. The number of carbonyl (C=O) groups excluding carboxylic acids is 3. The van der Waals surface area contributed by atoms with Gasteiger partial charge in [0.05, 0.1) is 11.8 Å². The predicted octanol–water partition coefficient (Wildman–Crippen LogP) is 4.01. The zero-order valence-corrected chi connectivity index (χ0v) is 12.9. The van der Waals surface area contributed by atoms with Crippen molar-refractivity contribution in [2.45, 2.75) is 38.3 Å². The summed E-state index contributed by atoms with van der Waals surface area (Å²) < 4.78 is 38.1. The Kier molecular flexibility index (Phi) is 4.32. The summed E-state index contributed by atoms with van der Waals surface area (Å²) in [7, 11) is 0. The largest absolute Gasteiger partial charge is 0.391 e. The first-order chi connectivity index (χ1) is 11.3. The molecule has 3 nitrogen and oxygen atoms in total. The maximum absolute atomic E-state index is 12.7. The Morgan fingerprint density at radius 1 is 0.875 bits per heavy atom. The highest BCUT2D eigenvalue weighted by Gasteiger charge is 2.44. The van der Waals surface area contributed by atoms with E-state index in [4.69, 9.17) is 0 Å². The Morgan fingerprint density at radius 3 is 2.04 bits per heavy atom. The molecule has 1 fully saturated rings. The van der Waals surface area contributed by atoms with E-state index in [0.717, 1.165) is 0 Å².